The molecule has 126 valence electrons. The number of hydrogen-bond donors (Lipinski definition) is 2. The standard InChI is InChI=1S/C17H25N3O2S/c1-11(2)14-12-9-13(23-16(12)20(3)19-14)15(21)18-10-17(22)7-5-4-6-8-17/h9,11,22H,4-8,10H2,1-3H3,(H,18,21). The third-order valence-electron chi connectivity index (χ3n) is 4.67. The molecule has 5 nitrogen and oxygen atoms in total. The molecule has 6 heteroatoms. The molecule has 2 aromatic heterocycles. The SMILES string of the molecule is CC(C)c1nn(C)c2sc(C(=O)NCC3(O)CCCCC3)cc12. The summed E-state index contributed by atoms with van der Waals surface area (Å²) in [5, 5.41) is 19.0. The Hall–Kier alpha value is -1.40. The van der Waals surface area contributed by atoms with Crippen LogP contribution in [0.5, 0.6) is 0 Å². The van der Waals surface area contributed by atoms with Gasteiger partial charge < -0.3 is 10.4 Å². The molecule has 0 unspecified atom stereocenters. The first-order valence-electron chi connectivity index (χ1n) is 8.37. The summed E-state index contributed by atoms with van der Waals surface area (Å²) in [6, 6.07) is 1.93. The maximum absolute atomic E-state index is 12.4. The van der Waals surface area contributed by atoms with Gasteiger partial charge in [0.15, 0.2) is 0 Å². The molecule has 3 rings (SSSR count). The molecule has 1 fully saturated rings. The average Bonchev–Trinajstić information content (AvgIpc) is 3.07. The largest absolute Gasteiger partial charge is 0.388 e. The van der Waals surface area contributed by atoms with E-state index >= 15 is 0 Å². The highest BCUT2D eigenvalue weighted by molar-refractivity contribution is 7.20. The summed E-state index contributed by atoms with van der Waals surface area (Å²) in [5.41, 5.74) is 0.304. The molecule has 2 aromatic rings. The predicted molar refractivity (Wildman–Crippen MR) is 93.0 cm³/mol. The van der Waals surface area contributed by atoms with Gasteiger partial charge in [0.1, 0.15) is 4.83 Å². The van der Waals surface area contributed by atoms with E-state index in [2.05, 4.69) is 24.3 Å². The zero-order valence-corrected chi connectivity index (χ0v) is 14.9. The maximum atomic E-state index is 12.4. The van der Waals surface area contributed by atoms with Crippen LogP contribution in [0.25, 0.3) is 10.2 Å². The first-order valence-corrected chi connectivity index (χ1v) is 9.18. The zero-order valence-electron chi connectivity index (χ0n) is 14.1. The van der Waals surface area contributed by atoms with Gasteiger partial charge in [0.2, 0.25) is 0 Å². The lowest BCUT2D eigenvalue weighted by Crippen LogP contribution is -2.44. The Balaban J connectivity index is 1.75. The third-order valence-corrected chi connectivity index (χ3v) is 5.87. The predicted octanol–water partition coefficient (Wildman–Crippen LogP) is 3.18. The van der Waals surface area contributed by atoms with E-state index in [0.29, 0.717) is 17.3 Å². The number of carbonyl (C=O) groups is 1. The summed E-state index contributed by atoms with van der Waals surface area (Å²) in [6.45, 7) is 4.56. The molecule has 0 atom stereocenters. The van der Waals surface area contributed by atoms with Crippen LogP contribution in [0.2, 0.25) is 0 Å². The number of aliphatic hydroxyl groups is 1. The van der Waals surface area contributed by atoms with Crippen LogP contribution in [0, 0.1) is 0 Å². The minimum atomic E-state index is -0.727. The molecule has 0 bridgehead atoms. The van der Waals surface area contributed by atoms with Crippen molar-refractivity contribution in [2.24, 2.45) is 7.05 Å². The number of fused-ring (bicyclic) bond motifs is 1. The van der Waals surface area contributed by atoms with Crippen LogP contribution in [0.15, 0.2) is 6.07 Å². The fourth-order valence-electron chi connectivity index (χ4n) is 3.32. The van der Waals surface area contributed by atoms with E-state index in [1.165, 1.54) is 17.8 Å². The Morgan fingerprint density at radius 3 is 2.78 bits per heavy atom. The highest BCUT2D eigenvalue weighted by atomic mass is 32.1. The van der Waals surface area contributed by atoms with Crippen LogP contribution in [0.3, 0.4) is 0 Å². The van der Waals surface area contributed by atoms with Crippen LogP contribution in [0.4, 0.5) is 0 Å². The highest BCUT2D eigenvalue weighted by Gasteiger charge is 2.30. The third kappa shape index (κ3) is 3.28. The molecular weight excluding hydrogens is 310 g/mol. The van der Waals surface area contributed by atoms with Crippen LogP contribution in [-0.2, 0) is 7.05 Å². The molecule has 0 saturated heterocycles. The molecule has 1 aliphatic carbocycles. The van der Waals surface area contributed by atoms with E-state index in [1.807, 2.05) is 17.8 Å². The number of nitrogens with one attached hydrogen (secondary N) is 1. The lowest BCUT2D eigenvalue weighted by molar-refractivity contribution is 0.00529. The van der Waals surface area contributed by atoms with Crippen molar-refractivity contribution in [3.8, 4) is 0 Å². The Kier molecular flexibility index (Phi) is 4.47. The Morgan fingerprint density at radius 2 is 2.13 bits per heavy atom. The smallest absolute Gasteiger partial charge is 0.261 e. The molecule has 1 aliphatic rings. The molecular formula is C17H25N3O2S. The fraction of sp³-hybridized carbons (Fsp3) is 0.647. The van der Waals surface area contributed by atoms with Crippen LogP contribution < -0.4 is 5.32 Å². The summed E-state index contributed by atoms with van der Waals surface area (Å²) in [4.78, 5) is 14.2. The number of rotatable bonds is 4. The number of carbonyl (C=O) groups excluding carboxylic acids is 1. The molecule has 1 amide bonds. The molecule has 23 heavy (non-hydrogen) atoms. The zero-order chi connectivity index (χ0) is 16.6. The van der Waals surface area contributed by atoms with Gasteiger partial charge in [0, 0.05) is 19.0 Å². The van der Waals surface area contributed by atoms with E-state index in [4.69, 9.17) is 0 Å². The van der Waals surface area contributed by atoms with Gasteiger partial charge in [-0.25, -0.2) is 0 Å². The number of hydrogen-bond acceptors (Lipinski definition) is 4. The monoisotopic (exact) mass is 335 g/mol. The Bertz CT molecular complexity index is 711. The van der Waals surface area contributed by atoms with E-state index in [0.717, 1.165) is 41.6 Å². The Morgan fingerprint density at radius 1 is 1.43 bits per heavy atom. The second kappa shape index (κ2) is 6.24. The van der Waals surface area contributed by atoms with Crippen molar-refractivity contribution in [1.29, 1.82) is 0 Å². The van der Waals surface area contributed by atoms with Gasteiger partial charge in [-0.1, -0.05) is 33.1 Å². The summed E-state index contributed by atoms with van der Waals surface area (Å²) in [5.74, 6) is 0.229. The van der Waals surface area contributed by atoms with Crippen molar-refractivity contribution >= 4 is 27.5 Å². The van der Waals surface area contributed by atoms with Crippen molar-refractivity contribution < 1.29 is 9.90 Å². The first kappa shape index (κ1) is 16.5. The van der Waals surface area contributed by atoms with E-state index in [-0.39, 0.29) is 5.91 Å². The van der Waals surface area contributed by atoms with Crippen molar-refractivity contribution in [2.75, 3.05) is 6.54 Å². The fourth-order valence-corrected chi connectivity index (χ4v) is 4.32. The van der Waals surface area contributed by atoms with Crippen LogP contribution >= 0.6 is 11.3 Å². The number of aryl methyl sites for hydroxylation is 1. The quantitative estimate of drug-likeness (QED) is 0.902. The van der Waals surface area contributed by atoms with Gasteiger partial charge in [-0.2, -0.15) is 5.10 Å². The number of nitrogens with zero attached hydrogens (tertiary/aromatic N) is 2. The van der Waals surface area contributed by atoms with Crippen molar-refractivity contribution in [1.82, 2.24) is 15.1 Å². The summed E-state index contributed by atoms with van der Waals surface area (Å²) >= 11 is 1.46. The molecule has 1 saturated carbocycles. The van der Waals surface area contributed by atoms with Crippen molar-refractivity contribution in [3.05, 3.63) is 16.6 Å². The van der Waals surface area contributed by atoms with E-state index in [1.54, 1.807) is 0 Å². The molecule has 0 aromatic carbocycles. The number of amides is 1. The summed E-state index contributed by atoms with van der Waals surface area (Å²) < 4.78 is 1.85. The molecule has 0 spiro atoms. The van der Waals surface area contributed by atoms with E-state index in [9.17, 15) is 9.90 Å². The maximum Gasteiger partial charge on any atom is 0.261 e. The minimum Gasteiger partial charge on any atom is -0.388 e. The molecule has 0 radical (unpaired) electrons. The topological polar surface area (TPSA) is 67.2 Å². The van der Waals surface area contributed by atoms with E-state index < -0.39 is 5.60 Å². The first-order chi connectivity index (χ1) is 10.9. The summed E-state index contributed by atoms with van der Waals surface area (Å²) in [7, 11) is 1.91. The normalized spacial score (nSPS) is 17.8. The second-order valence-corrected chi connectivity index (χ2v) is 7.99. The van der Waals surface area contributed by atoms with Crippen LogP contribution in [-0.4, -0.2) is 32.9 Å². The molecule has 2 heterocycles. The van der Waals surface area contributed by atoms with Gasteiger partial charge >= 0.3 is 0 Å². The number of aromatic nitrogens is 2. The lowest BCUT2D eigenvalue weighted by Gasteiger charge is -2.32. The van der Waals surface area contributed by atoms with Gasteiger partial charge in [0.25, 0.3) is 5.91 Å². The highest BCUT2D eigenvalue weighted by Crippen LogP contribution is 2.32. The second-order valence-electron chi connectivity index (χ2n) is 6.96. The average molecular weight is 335 g/mol. The minimum absolute atomic E-state index is 0.0973. The van der Waals surface area contributed by atoms with Crippen molar-refractivity contribution in [3.63, 3.8) is 0 Å². The molecule has 0 aliphatic heterocycles. The van der Waals surface area contributed by atoms with Crippen LogP contribution in [0.1, 0.15) is 67.2 Å². The van der Waals surface area contributed by atoms with Gasteiger partial charge in [0.05, 0.1) is 16.2 Å². The Labute approximate surface area is 140 Å². The number of thiophene rings is 1. The van der Waals surface area contributed by atoms with Gasteiger partial charge in [-0.3, -0.25) is 9.48 Å². The van der Waals surface area contributed by atoms with Crippen molar-refractivity contribution in [2.45, 2.75) is 57.5 Å². The molecule has 2 N–H and O–H groups in total. The van der Waals surface area contributed by atoms with Gasteiger partial charge in [-0.15, -0.1) is 11.3 Å². The lowest BCUT2D eigenvalue weighted by atomic mass is 9.85. The van der Waals surface area contributed by atoms with Gasteiger partial charge in [-0.05, 0) is 24.8 Å². The summed E-state index contributed by atoms with van der Waals surface area (Å²) in [6.07, 6.45) is 4.82.